The molecule has 0 amide bonds. The highest BCUT2D eigenvalue weighted by Gasteiger charge is 2.16. The average molecular weight is 291 g/mol. The largest absolute Gasteiger partial charge is 0.459 e. The van der Waals surface area contributed by atoms with E-state index in [0.29, 0.717) is 6.04 Å². The average Bonchev–Trinajstić information content (AvgIpc) is 2.83. The van der Waals surface area contributed by atoms with Crippen molar-refractivity contribution in [3.8, 4) is 0 Å². The van der Waals surface area contributed by atoms with E-state index >= 15 is 0 Å². The molecular weight excluding hydrogens is 266 g/mol. The Labute approximate surface area is 126 Å². The van der Waals surface area contributed by atoms with Crippen LogP contribution in [-0.4, -0.2) is 18.1 Å². The Bertz CT molecular complexity index is 547. The molecule has 3 heteroatoms. The van der Waals surface area contributed by atoms with Gasteiger partial charge in [-0.25, -0.2) is 0 Å². The summed E-state index contributed by atoms with van der Waals surface area (Å²) in [7, 11) is 0. The smallest absolute Gasteiger partial charge is 0.137 e. The maximum atomic E-state index is 6.10. The Hall–Kier alpha value is -0.930. The summed E-state index contributed by atoms with van der Waals surface area (Å²) >= 11 is 2.00. The monoisotopic (exact) mass is 291 g/mol. The molecule has 1 aromatic carbocycles. The number of hydrogen-bond acceptors (Lipinski definition) is 3. The van der Waals surface area contributed by atoms with Crippen LogP contribution in [0, 0.1) is 12.8 Å². The van der Waals surface area contributed by atoms with Gasteiger partial charge in [0.05, 0.1) is 6.04 Å². The number of nitrogens with one attached hydrogen (secondary N) is 1. The Morgan fingerprint density at radius 1 is 1.25 bits per heavy atom. The van der Waals surface area contributed by atoms with Crippen LogP contribution < -0.4 is 5.32 Å². The molecule has 0 aliphatic carbocycles. The predicted octanol–water partition coefficient (Wildman–Crippen LogP) is 4.78. The van der Waals surface area contributed by atoms with Gasteiger partial charge in [0, 0.05) is 11.1 Å². The third kappa shape index (κ3) is 3.80. The lowest BCUT2D eigenvalue weighted by Crippen LogP contribution is -2.22. The third-order valence-electron chi connectivity index (χ3n) is 3.29. The van der Waals surface area contributed by atoms with Gasteiger partial charge in [0.2, 0.25) is 0 Å². The zero-order valence-corrected chi connectivity index (χ0v) is 13.7. The molecule has 0 radical (unpaired) electrons. The van der Waals surface area contributed by atoms with E-state index in [9.17, 15) is 0 Å². The van der Waals surface area contributed by atoms with Gasteiger partial charge in [-0.1, -0.05) is 39.0 Å². The van der Waals surface area contributed by atoms with Crippen molar-refractivity contribution >= 4 is 22.7 Å². The zero-order chi connectivity index (χ0) is 14.5. The minimum atomic E-state index is 0.301. The highest BCUT2D eigenvalue weighted by atomic mass is 32.2. The van der Waals surface area contributed by atoms with Crippen molar-refractivity contribution in [1.82, 2.24) is 5.32 Å². The first kappa shape index (κ1) is 15.5. The molecule has 0 aliphatic heterocycles. The lowest BCUT2D eigenvalue weighted by molar-refractivity contribution is 0.463. The van der Waals surface area contributed by atoms with Crippen LogP contribution in [0.4, 0.5) is 0 Å². The van der Waals surface area contributed by atoms with Gasteiger partial charge in [-0.05, 0) is 36.8 Å². The fraction of sp³-hybridized carbons (Fsp3) is 0.529. The number of aryl methyl sites for hydroxylation is 1. The molecule has 2 rings (SSSR count). The van der Waals surface area contributed by atoms with Gasteiger partial charge in [-0.15, -0.1) is 0 Å². The normalized spacial score (nSPS) is 13.2. The van der Waals surface area contributed by atoms with E-state index in [1.54, 1.807) is 0 Å². The van der Waals surface area contributed by atoms with Crippen molar-refractivity contribution in [1.29, 1.82) is 0 Å². The van der Waals surface area contributed by atoms with Crippen molar-refractivity contribution in [3.63, 3.8) is 0 Å². The molecule has 1 heterocycles. The number of thioether (sulfide) groups is 1. The van der Waals surface area contributed by atoms with Gasteiger partial charge >= 0.3 is 0 Å². The number of furan rings is 1. The van der Waals surface area contributed by atoms with Crippen LogP contribution in [0.25, 0.3) is 11.0 Å². The molecule has 0 saturated heterocycles. The summed E-state index contributed by atoms with van der Waals surface area (Å²) in [5.74, 6) is 4.05. The molecule has 0 fully saturated rings. The minimum absolute atomic E-state index is 0.301. The number of rotatable bonds is 7. The van der Waals surface area contributed by atoms with Crippen LogP contribution in [0.15, 0.2) is 28.7 Å². The van der Waals surface area contributed by atoms with E-state index in [4.69, 9.17) is 4.42 Å². The molecule has 20 heavy (non-hydrogen) atoms. The second kappa shape index (κ2) is 7.19. The predicted molar refractivity (Wildman–Crippen MR) is 89.5 cm³/mol. The van der Waals surface area contributed by atoms with Crippen LogP contribution in [0.1, 0.15) is 38.1 Å². The molecule has 2 aromatic rings. The topological polar surface area (TPSA) is 25.2 Å². The Morgan fingerprint density at radius 2 is 2.05 bits per heavy atom. The summed E-state index contributed by atoms with van der Waals surface area (Å²) in [4.78, 5) is 0. The highest BCUT2D eigenvalue weighted by molar-refractivity contribution is 7.99. The standard InChI is InChI=1S/C17H25NOS/c1-5-18-15(11-20-10-12(2)3)16-9-14-8-6-7-13(4)17(14)19-16/h6-9,12,15,18H,5,10-11H2,1-4H3. The molecule has 0 aliphatic rings. The SMILES string of the molecule is CCNC(CSCC(C)C)c1cc2cccc(C)c2o1. The first-order valence-corrected chi connectivity index (χ1v) is 8.57. The second-order valence-corrected chi connectivity index (χ2v) is 6.76. The summed E-state index contributed by atoms with van der Waals surface area (Å²) in [6.45, 7) is 9.74. The lowest BCUT2D eigenvalue weighted by atomic mass is 10.1. The van der Waals surface area contributed by atoms with E-state index < -0.39 is 0 Å². The summed E-state index contributed by atoms with van der Waals surface area (Å²) < 4.78 is 6.10. The Kier molecular flexibility index (Phi) is 5.55. The molecule has 0 spiro atoms. The highest BCUT2D eigenvalue weighted by Crippen LogP contribution is 2.28. The van der Waals surface area contributed by atoms with E-state index in [-0.39, 0.29) is 0 Å². The minimum Gasteiger partial charge on any atom is -0.459 e. The first-order valence-electron chi connectivity index (χ1n) is 7.42. The Morgan fingerprint density at radius 3 is 2.70 bits per heavy atom. The number of hydrogen-bond donors (Lipinski definition) is 1. The molecule has 1 aromatic heterocycles. The van der Waals surface area contributed by atoms with Crippen molar-refractivity contribution in [2.45, 2.75) is 33.7 Å². The molecule has 0 bridgehead atoms. The van der Waals surface area contributed by atoms with Crippen molar-refractivity contribution < 1.29 is 4.42 Å². The van der Waals surface area contributed by atoms with Gasteiger partial charge in [-0.3, -0.25) is 0 Å². The van der Waals surface area contributed by atoms with E-state index in [1.807, 2.05) is 11.8 Å². The summed E-state index contributed by atoms with van der Waals surface area (Å²) in [5, 5.41) is 4.74. The zero-order valence-electron chi connectivity index (χ0n) is 12.9. The third-order valence-corrected chi connectivity index (χ3v) is 4.76. The molecule has 2 nitrogen and oxygen atoms in total. The fourth-order valence-corrected chi connectivity index (χ4v) is 3.44. The molecular formula is C17H25NOS. The van der Waals surface area contributed by atoms with Crippen LogP contribution >= 0.6 is 11.8 Å². The summed E-state index contributed by atoms with van der Waals surface area (Å²) in [6.07, 6.45) is 0. The van der Waals surface area contributed by atoms with Crippen LogP contribution in [0.3, 0.4) is 0 Å². The van der Waals surface area contributed by atoms with Gasteiger partial charge in [0.15, 0.2) is 0 Å². The fourth-order valence-electron chi connectivity index (χ4n) is 2.31. The molecule has 1 N–H and O–H groups in total. The van der Waals surface area contributed by atoms with E-state index in [0.717, 1.165) is 29.6 Å². The van der Waals surface area contributed by atoms with Gasteiger partial charge in [0.1, 0.15) is 11.3 Å². The van der Waals surface area contributed by atoms with Crippen LogP contribution in [0.2, 0.25) is 0 Å². The molecule has 110 valence electrons. The summed E-state index contributed by atoms with van der Waals surface area (Å²) in [5.41, 5.74) is 2.23. The Balaban J connectivity index is 2.16. The van der Waals surface area contributed by atoms with Gasteiger partial charge in [0.25, 0.3) is 0 Å². The van der Waals surface area contributed by atoms with E-state index in [1.165, 1.54) is 16.7 Å². The maximum Gasteiger partial charge on any atom is 0.137 e. The van der Waals surface area contributed by atoms with E-state index in [2.05, 4.69) is 57.3 Å². The van der Waals surface area contributed by atoms with Gasteiger partial charge < -0.3 is 9.73 Å². The van der Waals surface area contributed by atoms with Crippen LogP contribution in [0.5, 0.6) is 0 Å². The lowest BCUT2D eigenvalue weighted by Gasteiger charge is -2.15. The maximum absolute atomic E-state index is 6.10. The number of benzene rings is 1. The van der Waals surface area contributed by atoms with Crippen molar-refractivity contribution in [3.05, 3.63) is 35.6 Å². The number of fused-ring (bicyclic) bond motifs is 1. The molecule has 1 atom stereocenters. The van der Waals surface area contributed by atoms with Crippen LogP contribution in [-0.2, 0) is 0 Å². The van der Waals surface area contributed by atoms with Crippen molar-refractivity contribution in [2.75, 3.05) is 18.1 Å². The molecule has 0 saturated carbocycles. The first-order chi connectivity index (χ1) is 9.61. The summed E-state index contributed by atoms with van der Waals surface area (Å²) in [6, 6.07) is 8.80. The van der Waals surface area contributed by atoms with Gasteiger partial charge in [-0.2, -0.15) is 11.8 Å². The number of para-hydroxylation sites is 1. The quantitative estimate of drug-likeness (QED) is 0.794. The van der Waals surface area contributed by atoms with Crippen molar-refractivity contribution in [2.24, 2.45) is 5.92 Å². The molecule has 1 unspecified atom stereocenters. The second-order valence-electron chi connectivity index (χ2n) is 5.68.